The molecular weight excluding hydrogens is 363 g/mol. The van der Waals surface area contributed by atoms with E-state index in [0.717, 1.165) is 16.9 Å². The Balaban J connectivity index is 2.45. The molecule has 4 nitrogen and oxygen atoms in total. The van der Waals surface area contributed by atoms with Crippen molar-refractivity contribution in [2.24, 2.45) is 0 Å². The Morgan fingerprint density at radius 1 is 1.00 bits per heavy atom. The van der Waals surface area contributed by atoms with E-state index >= 15 is 0 Å². The van der Waals surface area contributed by atoms with Gasteiger partial charge in [0.05, 0.1) is 29.8 Å². The molecule has 0 fully saturated rings. The SMILES string of the molecule is COC(=O)c1cc(Cl)c(Oc2cc(C)c(OC)c(C(C)C)c2)c(Cl)c1. The summed E-state index contributed by atoms with van der Waals surface area (Å²) >= 11 is 12.5. The summed E-state index contributed by atoms with van der Waals surface area (Å²) in [7, 11) is 2.94. The monoisotopic (exact) mass is 382 g/mol. The van der Waals surface area contributed by atoms with E-state index in [1.165, 1.54) is 19.2 Å². The maximum atomic E-state index is 11.6. The molecule has 0 aliphatic carbocycles. The number of halogens is 2. The van der Waals surface area contributed by atoms with Gasteiger partial charge >= 0.3 is 5.97 Å². The molecule has 0 aromatic heterocycles. The zero-order valence-corrected chi connectivity index (χ0v) is 16.3. The smallest absolute Gasteiger partial charge is 0.337 e. The van der Waals surface area contributed by atoms with Crippen LogP contribution in [0.5, 0.6) is 17.2 Å². The second kappa shape index (κ2) is 7.98. The second-order valence-electron chi connectivity index (χ2n) is 5.88. The maximum Gasteiger partial charge on any atom is 0.337 e. The van der Waals surface area contributed by atoms with Crippen LogP contribution in [0.1, 0.15) is 41.3 Å². The number of carbonyl (C=O) groups is 1. The van der Waals surface area contributed by atoms with Crippen molar-refractivity contribution in [2.45, 2.75) is 26.7 Å². The lowest BCUT2D eigenvalue weighted by molar-refractivity contribution is 0.0600. The average Bonchev–Trinajstić information content (AvgIpc) is 2.56. The summed E-state index contributed by atoms with van der Waals surface area (Å²) in [6.45, 7) is 6.10. The Morgan fingerprint density at radius 3 is 2.08 bits per heavy atom. The molecule has 0 aliphatic heterocycles. The van der Waals surface area contributed by atoms with Crippen LogP contribution >= 0.6 is 23.2 Å². The molecule has 0 bridgehead atoms. The van der Waals surface area contributed by atoms with Crippen LogP contribution in [0.2, 0.25) is 10.0 Å². The van der Waals surface area contributed by atoms with Crippen molar-refractivity contribution in [3.05, 3.63) is 51.0 Å². The van der Waals surface area contributed by atoms with Crippen LogP contribution in [-0.2, 0) is 4.74 Å². The van der Waals surface area contributed by atoms with Crippen LogP contribution in [0.15, 0.2) is 24.3 Å². The lowest BCUT2D eigenvalue weighted by atomic mass is 9.99. The zero-order chi connectivity index (χ0) is 18.7. The minimum absolute atomic E-state index is 0.229. The first-order chi connectivity index (χ1) is 11.8. The second-order valence-corrected chi connectivity index (χ2v) is 6.69. The topological polar surface area (TPSA) is 44.8 Å². The standard InChI is InChI=1S/C19H20Cl2O4/c1-10(2)14-9-13(6-11(3)17(14)23-4)25-18-15(20)7-12(8-16(18)21)19(22)24-5/h6-10H,1-5H3. The summed E-state index contributed by atoms with van der Waals surface area (Å²) in [5.41, 5.74) is 2.23. The lowest BCUT2D eigenvalue weighted by Crippen LogP contribution is -2.02. The number of hydrogen-bond acceptors (Lipinski definition) is 4. The molecule has 0 saturated carbocycles. The van der Waals surface area contributed by atoms with Gasteiger partial charge in [0.15, 0.2) is 5.75 Å². The van der Waals surface area contributed by atoms with Gasteiger partial charge in [-0.2, -0.15) is 0 Å². The van der Waals surface area contributed by atoms with Gasteiger partial charge in [0, 0.05) is 5.56 Å². The summed E-state index contributed by atoms with van der Waals surface area (Å²) in [6.07, 6.45) is 0. The molecule has 0 heterocycles. The summed E-state index contributed by atoms with van der Waals surface area (Å²) in [6, 6.07) is 6.69. The first kappa shape index (κ1) is 19.4. The van der Waals surface area contributed by atoms with Crippen molar-refractivity contribution in [1.82, 2.24) is 0 Å². The van der Waals surface area contributed by atoms with Gasteiger partial charge in [0.2, 0.25) is 0 Å². The van der Waals surface area contributed by atoms with Gasteiger partial charge in [0.25, 0.3) is 0 Å². The molecule has 0 atom stereocenters. The molecule has 0 N–H and O–H groups in total. The average molecular weight is 383 g/mol. The number of methoxy groups -OCH3 is 2. The van der Waals surface area contributed by atoms with Crippen LogP contribution in [0.3, 0.4) is 0 Å². The Bertz CT molecular complexity index is 777. The van der Waals surface area contributed by atoms with Gasteiger partial charge in [-0.25, -0.2) is 4.79 Å². The Morgan fingerprint density at radius 2 is 1.60 bits per heavy atom. The Hall–Kier alpha value is -1.91. The van der Waals surface area contributed by atoms with Crippen molar-refractivity contribution < 1.29 is 19.0 Å². The maximum absolute atomic E-state index is 11.6. The van der Waals surface area contributed by atoms with Crippen LogP contribution in [-0.4, -0.2) is 20.2 Å². The molecule has 25 heavy (non-hydrogen) atoms. The minimum atomic E-state index is -0.516. The summed E-state index contributed by atoms with van der Waals surface area (Å²) in [5.74, 6) is 1.45. The van der Waals surface area contributed by atoms with E-state index in [9.17, 15) is 4.79 Å². The molecule has 0 aliphatic rings. The van der Waals surface area contributed by atoms with E-state index in [1.807, 2.05) is 19.1 Å². The minimum Gasteiger partial charge on any atom is -0.496 e. The Kier molecular flexibility index (Phi) is 6.20. The highest BCUT2D eigenvalue weighted by molar-refractivity contribution is 6.37. The zero-order valence-electron chi connectivity index (χ0n) is 14.8. The summed E-state index contributed by atoms with van der Waals surface area (Å²) in [4.78, 5) is 11.6. The molecule has 0 amide bonds. The van der Waals surface area contributed by atoms with Crippen LogP contribution in [0.4, 0.5) is 0 Å². The third-order valence-corrected chi connectivity index (χ3v) is 4.30. The van der Waals surface area contributed by atoms with Crippen molar-refractivity contribution in [2.75, 3.05) is 14.2 Å². The number of aryl methyl sites for hydroxylation is 1. The molecule has 0 radical (unpaired) electrons. The molecule has 0 saturated heterocycles. The highest BCUT2D eigenvalue weighted by Gasteiger charge is 2.17. The lowest BCUT2D eigenvalue weighted by Gasteiger charge is -2.17. The van der Waals surface area contributed by atoms with Gasteiger partial charge in [-0.05, 0) is 42.7 Å². The van der Waals surface area contributed by atoms with Gasteiger partial charge in [-0.15, -0.1) is 0 Å². The summed E-state index contributed by atoms with van der Waals surface area (Å²) < 4.78 is 16.1. The van der Waals surface area contributed by atoms with Crippen molar-refractivity contribution in [1.29, 1.82) is 0 Å². The predicted molar refractivity (Wildman–Crippen MR) is 99.7 cm³/mol. The predicted octanol–water partition coefficient (Wildman–Crippen LogP) is 6.01. The van der Waals surface area contributed by atoms with E-state index in [1.54, 1.807) is 7.11 Å². The van der Waals surface area contributed by atoms with E-state index < -0.39 is 5.97 Å². The highest BCUT2D eigenvalue weighted by atomic mass is 35.5. The quantitative estimate of drug-likeness (QED) is 0.593. The largest absolute Gasteiger partial charge is 0.496 e. The fourth-order valence-corrected chi connectivity index (χ4v) is 3.11. The first-order valence-corrected chi connectivity index (χ1v) is 8.47. The molecule has 134 valence electrons. The molecule has 0 unspecified atom stereocenters. The van der Waals surface area contributed by atoms with E-state index in [-0.39, 0.29) is 27.3 Å². The van der Waals surface area contributed by atoms with Crippen LogP contribution < -0.4 is 9.47 Å². The van der Waals surface area contributed by atoms with Crippen molar-refractivity contribution in [3.63, 3.8) is 0 Å². The van der Waals surface area contributed by atoms with Crippen molar-refractivity contribution >= 4 is 29.2 Å². The van der Waals surface area contributed by atoms with Crippen LogP contribution in [0.25, 0.3) is 0 Å². The number of esters is 1. The normalized spacial score (nSPS) is 10.7. The summed E-state index contributed by atoms with van der Waals surface area (Å²) in [5, 5.41) is 0.458. The van der Waals surface area contributed by atoms with Crippen molar-refractivity contribution in [3.8, 4) is 17.2 Å². The van der Waals surface area contributed by atoms with Gasteiger partial charge in [-0.3, -0.25) is 0 Å². The number of rotatable bonds is 5. The van der Waals surface area contributed by atoms with Gasteiger partial charge in [0.1, 0.15) is 11.5 Å². The number of carbonyl (C=O) groups excluding carboxylic acids is 1. The van der Waals surface area contributed by atoms with E-state index in [2.05, 4.69) is 18.6 Å². The molecule has 2 aromatic carbocycles. The van der Waals surface area contributed by atoms with Gasteiger partial charge < -0.3 is 14.2 Å². The molecule has 2 rings (SSSR count). The fourth-order valence-electron chi connectivity index (χ4n) is 2.54. The number of benzene rings is 2. The fraction of sp³-hybridized carbons (Fsp3) is 0.316. The van der Waals surface area contributed by atoms with Gasteiger partial charge in [-0.1, -0.05) is 37.0 Å². The number of ether oxygens (including phenoxy) is 3. The Labute approximate surface area is 157 Å². The molecular formula is C19H20Cl2O4. The highest BCUT2D eigenvalue weighted by Crippen LogP contribution is 2.40. The third kappa shape index (κ3) is 4.20. The third-order valence-electron chi connectivity index (χ3n) is 3.74. The first-order valence-electron chi connectivity index (χ1n) is 7.72. The number of hydrogen-bond donors (Lipinski definition) is 0. The molecule has 2 aromatic rings. The molecule has 6 heteroatoms. The van der Waals surface area contributed by atoms with E-state index in [4.69, 9.17) is 32.7 Å². The van der Waals surface area contributed by atoms with Crippen LogP contribution in [0, 0.1) is 6.92 Å². The van der Waals surface area contributed by atoms with E-state index in [0.29, 0.717) is 5.75 Å². The molecule has 0 spiro atoms.